The highest BCUT2D eigenvalue weighted by molar-refractivity contribution is 7.15. The molecule has 1 aromatic carbocycles. The summed E-state index contributed by atoms with van der Waals surface area (Å²) in [5.41, 5.74) is 1.18. The number of fused-ring (bicyclic) bond motifs is 1. The lowest BCUT2D eigenvalue weighted by Gasteiger charge is -2.09. The largest absolute Gasteiger partial charge is 0.496 e. The van der Waals surface area contributed by atoms with Gasteiger partial charge in [0.2, 0.25) is 0 Å². The summed E-state index contributed by atoms with van der Waals surface area (Å²) in [7, 11) is 2.86. The van der Waals surface area contributed by atoms with Crippen LogP contribution in [0.5, 0.6) is 11.5 Å². The molecule has 0 amide bonds. The number of benzene rings is 1. The van der Waals surface area contributed by atoms with E-state index in [1.165, 1.54) is 31.6 Å². The zero-order chi connectivity index (χ0) is 15.0. The minimum Gasteiger partial charge on any atom is -0.496 e. The van der Waals surface area contributed by atoms with Gasteiger partial charge in [-0.3, -0.25) is 14.5 Å². The molecule has 0 atom stereocenters. The molecule has 3 aromatic rings. The molecule has 0 aliphatic heterocycles. The van der Waals surface area contributed by atoms with Crippen molar-refractivity contribution in [2.24, 2.45) is 0 Å². The predicted molar refractivity (Wildman–Crippen MR) is 78.3 cm³/mol. The number of nitro benzene ring substituents is 1. The molecule has 3 rings (SSSR count). The van der Waals surface area contributed by atoms with E-state index in [4.69, 9.17) is 9.47 Å². The number of thiazole rings is 1. The van der Waals surface area contributed by atoms with Gasteiger partial charge in [0.1, 0.15) is 5.75 Å². The second-order valence-corrected chi connectivity index (χ2v) is 5.07. The molecular weight excluding hydrogens is 294 g/mol. The Morgan fingerprint density at radius 2 is 2.05 bits per heavy atom. The maximum atomic E-state index is 11.0. The van der Waals surface area contributed by atoms with Crippen molar-refractivity contribution in [2.45, 2.75) is 0 Å². The average molecular weight is 305 g/mol. The van der Waals surface area contributed by atoms with Gasteiger partial charge >= 0.3 is 5.69 Å². The second kappa shape index (κ2) is 5.06. The summed E-state index contributed by atoms with van der Waals surface area (Å²) in [6.07, 6.45) is 3.74. The molecule has 0 bridgehead atoms. The van der Waals surface area contributed by atoms with Gasteiger partial charge in [-0.25, -0.2) is 4.98 Å². The number of methoxy groups -OCH3 is 2. The Labute approximate surface area is 123 Å². The molecule has 2 aromatic heterocycles. The third kappa shape index (κ3) is 2.19. The molecule has 0 radical (unpaired) electrons. The molecule has 0 fully saturated rings. The maximum absolute atomic E-state index is 11.0. The molecule has 0 spiro atoms. The molecule has 108 valence electrons. The summed E-state index contributed by atoms with van der Waals surface area (Å²) < 4.78 is 12.2. The van der Waals surface area contributed by atoms with Gasteiger partial charge in [-0.05, 0) is 0 Å². The van der Waals surface area contributed by atoms with Crippen molar-refractivity contribution in [1.29, 1.82) is 0 Å². The van der Waals surface area contributed by atoms with Crippen LogP contribution in [0.3, 0.4) is 0 Å². The van der Waals surface area contributed by atoms with Gasteiger partial charge in [0.05, 0.1) is 30.9 Å². The summed E-state index contributed by atoms with van der Waals surface area (Å²) in [4.78, 5) is 15.9. The Morgan fingerprint density at radius 1 is 1.29 bits per heavy atom. The van der Waals surface area contributed by atoms with Crippen molar-refractivity contribution in [2.75, 3.05) is 14.2 Å². The van der Waals surface area contributed by atoms with Crippen molar-refractivity contribution < 1.29 is 14.4 Å². The highest BCUT2D eigenvalue weighted by atomic mass is 32.1. The van der Waals surface area contributed by atoms with Crippen LogP contribution in [0.4, 0.5) is 5.69 Å². The number of ether oxygens (including phenoxy) is 2. The first-order chi connectivity index (χ1) is 10.1. The summed E-state index contributed by atoms with van der Waals surface area (Å²) in [6, 6.07) is 2.92. The summed E-state index contributed by atoms with van der Waals surface area (Å²) in [5, 5.41) is 13.0. The van der Waals surface area contributed by atoms with Crippen LogP contribution in [-0.4, -0.2) is 28.5 Å². The van der Waals surface area contributed by atoms with Crippen molar-refractivity contribution in [3.05, 3.63) is 40.0 Å². The molecule has 8 heteroatoms. The fraction of sp³-hybridized carbons (Fsp3) is 0.154. The molecule has 0 N–H and O–H groups in total. The van der Waals surface area contributed by atoms with E-state index in [1.54, 1.807) is 6.07 Å². The molecule has 2 heterocycles. The normalized spacial score (nSPS) is 10.8. The standard InChI is InChI=1S/C13H11N3O4S/c1-19-11-6-10(16(17)18)12(20-2)5-8(11)9-7-15-3-4-21-13(15)14-9/h3-7H,1-2H3. The van der Waals surface area contributed by atoms with Crippen LogP contribution in [0, 0.1) is 10.1 Å². The van der Waals surface area contributed by atoms with E-state index in [0.717, 1.165) is 4.96 Å². The molecule has 0 aliphatic rings. The quantitative estimate of drug-likeness (QED) is 0.547. The number of hydrogen-bond donors (Lipinski definition) is 0. The van der Waals surface area contributed by atoms with Crippen LogP contribution < -0.4 is 9.47 Å². The van der Waals surface area contributed by atoms with Gasteiger partial charge in [-0.15, -0.1) is 11.3 Å². The molecule has 0 unspecified atom stereocenters. The lowest BCUT2D eigenvalue weighted by atomic mass is 10.1. The summed E-state index contributed by atoms with van der Waals surface area (Å²) in [5.74, 6) is 0.556. The third-order valence-corrected chi connectivity index (χ3v) is 3.84. The van der Waals surface area contributed by atoms with Gasteiger partial charge in [0.25, 0.3) is 0 Å². The van der Waals surface area contributed by atoms with Gasteiger partial charge in [0.15, 0.2) is 10.7 Å². The first kappa shape index (κ1) is 13.4. The van der Waals surface area contributed by atoms with Crippen LogP contribution >= 0.6 is 11.3 Å². The van der Waals surface area contributed by atoms with Crippen LogP contribution in [0.2, 0.25) is 0 Å². The fourth-order valence-electron chi connectivity index (χ4n) is 2.08. The van der Waals surface area contributed by atoms with E-state index in [-0.39, 0.29) is 11.4 Å². The molecule has 0 aliphatic carbocycles. The van der Waals surface area contributed by atoms with Crippen molar-refractivity contribution in [3.63, 3.8) is 0 Å². The van der Waals surface area contributed by atoms with Gasteiger partial charge in [0, 0.05) is 29.4 Å². The molecular formula is C13H11N3O4S. The van der Waals surface area contributed by atoms with Crippen LogP contribution in [0.15, 0.2) is 29.9 Å². The number of hydrogen-bond acceptors (Lipinski definition) is 6. The topological polar surface area (TPSA) is 78.9 Å². The Bertz CT molecular complexity index is 796. The minimum absolute atomic E-state index is 0.140. The second-order valence-electron chi connectivity index (χ2n) is 4.20. The molecule has 7 nitrogen and oxygen atoms in total. The van der Waals surface area contributed by atoms with Crippen LogP contribution in [0.1, 0.15) is 0 Å². The Morgan fingerprint density at radius 3 is 2.67 bits per heavy atom. The number of nitrogens with zero attached hydrogens (tertiary/aromatic N) is 3. The first-order valence-electron chi connectivity index (χ1n) is 5.97. The highest BCUT2D eigenvalue weighted by Crippen LogP contribution is 2.39. The number of aromatic nitrogens is 2. The highest BCUT2D eigenvalue weighted by Gasteiger charge is 2.21. The predicted octanol–water partition coefficient (Wildman–Crippen LogP) is 2.99. The average Bonchev–Trinajstić information content (AvgIpc) is 3.06. The third-order valence-electron chi connectivity index (χ3n) is 3.07. The zero-order valence-electron chi connectivity index (χ0n) is 11.3. The van der Waals surface area contributed by atoms with E-state index >= 15 is 0 Å². The van der Waals surface area contributed by atoms with E-state index < -0.39 is 4.92 Å². The Kier molecular flexibility index (Phi) is 3.22. The van der Waals surface area contributed by atoms with E-state index in [1.807, 2.05) is 22.2 Å². The fourth-order valence-corrected chi connectivity index (χ4v) is 2.78. The van der Waals surface area contributed by atoms with E-state index in [2.05, 4.69) is 4.98 Å². The van der Waals surface area contributed by atoms with Gasteiger partial charge in [-0.2, -0.15) is 0 Å². The monoisotopic (exact) mass is 305 g/mol. The van der Waals surface area contributed by atoms with Crippen LogP contribution in [0.25, 0.3) is 16.2 Å². The smallest absolute Gasteiger partial charge is 0.314 e. The van der Waals surface area contributed by atoms with Crippen LogP contribution in [-0.2, 0) is 0 Å². The molecule has 0 saturated carbocycles. The first-order valence-corrected chi connectivity index (χ1v) is 6.85. The lowest BCUT2D eigenvalue weighted by molar-refractivity contribution is -0.385. The minimum atomic E-state index is -0.503. The SMILES string of the molecule is COc1cc([N+](=O)[O-])c(OC)cc1-c1cn2ccsc2n1. The Hall–Kier alpha value is -2.61. The van der Waals surface area contributed by atoms with Gasteiger partial charge < -0.3 is 9.47 Å². The van der Waals surface area contributed by atoms with E-state index in [9.17, 15) is 10.1 Å². The van der Waals surface area contributed by atoms with Crippen molar-refractivity contribution in [3.8, 4) is 22.8 Å². The number of rotatable bonds is 4. The number of imidazole rings is 1. The lowest BCUT2D eigenvalue weighted by Crippen LogP contribution is -1.97. The van der Waals surface area contributed by atoms with Crippen molar-refractivity contribution >= 4 is 22.0 Å². The Balaban J connectivity index is 2.21. The maximum Gasteiger partial charge on any atom is 0.314 e. The van der Waals surface area contributed by atoms with E-state index in [0.29, 0.717) is 17.0 Å². The zero-order valence-corrected chi connectivity index (χ0v) is 12.1. The number of nitro groups is 1. The van der Waals surface area contributed by atoms with Crippen molar-refractivity contribution in [1.82, 2.24) is 9.38 Å². The van der Waals surface area contributed by atoms with Gasteiger partial charge in [-0.1, -0.05) is 0 Å². The summed E-state index contributed by atoms with van der Waals surface area (Å²) >= 11 is 1.51. The molecule has 21 heavy (non-hydrogen) atoms. The summed E-state index contributed by atoms with van der Waals surface area (Å²) in [6.45, 7) is 0. The molecule has 0 saturated heterocycles.